The van der Waals surface area contributed by atoms with Crippen molar-refractivity contribution < 1.29 is 19.1 Å². The van der Waals surface area contributed by atoms with Crippen LogP contribution in [0.3, 0.4) is 0 Å². The van der Waals surface area contributed by atoms with Gasteiger partial charge in [-0.25, -0.2) is 4.79 Å². The molecule has 0 aliphatic carbocycles. The van der Waals surface area contributed by atoms with Gasteiger partial charge < -0.3 is 14.8 Å². The average molecular weight is 263 g/mol. The number of benzene rings is 1. The third kappa shape index (κ3) is 3.05. The lowest BCUT2D eigenvalue weighted by Gasteiger charge is -2.25. The predicted octanol–water partition coefficient (Wildman–Crippen LogP) is 0.915. The zero-order chi connectivity index (χ0) is 13.8. The van der Waals surface area contributed by atoms with Gasteiger partial charge in [0, 0.05) is 0 Å². The van der Waals surface area contributed by atoms with Crippen LogP contribution in [0.1, 0.15) is 12.5 Å². The van der Waals surface area contributed by atoms with Crippen LogP contribution in [0.5, 0.6) is 5.75 Å². The molecule has 102 valence electrons. The van der Waals surface area contributed by atoms with Crippen molar-refractivity contribution in [3.63, 3.8) is 0 Å². The van der Waals surface area contributed by atoms with E-state index in [4.69, 9.17) is 4.74 Å². The third-order valence-electron chi connectivity index (χ3n) is 3.16. The second kappa shape index (κ2) is 5.73. The van der Waals surface area contributed by atoms with Crippen molar-refractivity contribution in [1.82, 2.24) is 5.32 Å². The molecule has 1 heterocycles. The molecule has 0 bridgehead atoms. The molecule has 1 N–H and O–H groups in total. The first-order chi connectivity index (χ1) is 9.11. The van der Waals surface area contributed by atoms with Crippen LogP contribution in [-0.4, -0.2) is 31.6 Å². The van der Waals surface area contributed by atoms with Crippen LogP contribution in [0.2, 0.25) is 0 Å². The highest BCUT2D eigenvalue weighted by Gasteiger charge is 2.27. The Bertz CT molecular complexity index is 486. The monoisotopic (exact) mass is 263 g/mol. The minimum atomic E-state index is -0.644. The first kappa shape index (κ1) is 13.4. The highest BCUT2D eigenvalue weighted by atomic mass is 16.5. The van der Waals surface area contributed by atoms with Crippen LogP contribution in [0, 0.1) is 5.92 Å². The number of rotatable bonds is 3. The minimum absolute atomic E-state index is 0.188. The Kier molecular flexibility index (Phi) is 4.04. The fourth-order valence-corrected chi connectivity index (χ4v) is 2.06. The molecule has 0 radical (unpaired) electrons. The van der Waals surface area contributed by atoms with E-state index in [1.165, 1.54) is 7.11 Å². The van der Waals surface area contributed by atoms with Gasteiger partial charge in [0.25, 0.3) is 0 Å². The number of esters is 1. The van der Waals surface area contributed by atoms with Gasteiger partial charge in [-0.1, -0.05) is 18.2 Å². The topological polar surface area (TPSA) is 64.6 Å². The van der Waals surface area contributed by atoms with Crippen molar-refractivity contribution >= 4 is 11.9 Å². The molecule has 1 aliphatic rings. The van der Waals surface area contributed by atoms with Gasteiger partial charge >= 0.3 is 5.97 Å². The molecule has 2 rings (SSSR count). The highest BCUT2D eigenvalue weighted by molar-refractivity contribution is 5.85. The average Bonchev–Trinajstić information content (AvgIpc) is 2.45. The second-order valence-corrected chi connectivity index (χ2v) is 4.57. The van der Waals surface area contributed by atoms with Gasteiger partial charge in [0.15, 0.2) is 0 Å². The molecule has 1 aliphatic heterocycles. The van der Waals surface area contributed by atoms with E-state index in [-0.39, 0.29) is 11.8 Å². The smallest absolute Gasteiger partial charge is 0.328 e. The number of para-hydroxylation sites is 1. The number of hydrogen-bond acceptors (Lipinski definition) is 4. The molecule has 0 fully saturated rings. The fraction of sp³-hybridized carbons (Fsp3) is 0.429. The Morgan fingerprint density at radius 2 is 2.16 bits per heavy atom. The van der Waals surface area contributed by atoms with Crippen molar-refractivity contribution in [3.05, 3.63) is 29.8 Å². The lowest BCUT2D eigenvalue weighted by atomic mass is 9.96. The van der Waals surface area contributed by atoms with Crippen LogP contribution in [0.25, 0.3) is 0 Å². The lowest BCUT2D eigenvalue weighted by Crippen LogP contribution is -2.45. The Morgan fingerprint density at radius 3 is 2.89 bits per heavy atom. The summed E-state index contributed by atoms with van der Waals surface area (Å²) < 4.78 is 10.1. The molecular weight excluding hydrogens is 246 g/mol. The molecule has 0 unspecified atom stereocenters. The molecule has 0 spiro atoms. The van der Waals surface area contributed by atoms with Gasteiger partial charge in [-0.15, -0.1) is 0 Å². The highest BCUT2D eigenvalue weighted by Crippen LogP contribution is 2.26. The Balaban J connectivity index is 1.97. The van der Waals surface area contributed by atoms with E-state index in [0.29, 0.717) is 13.0 Å². The molecule has 2 atom stereocenters. The third-order valence-corrected chi connectivity index (χ3v) is 3.16. The van der Waals surface area contributed by atoms with E-state index in [2.05, 4.69) is 10.1 Å². The second-order valence-electron chi connectivity index (χ2n) is 4.57. The normalized spacial score (nSPS) is 18.7. The number of carbonyl (C=O) groups excluding carboxylic acids is 2. The molecule has 1 amide bonds. The van der Waals surface area contributed by atoms with Crippen molar-refractivity contribution in [3.8, 4) is 5.75 Å². The van der Waals surface area contributed by atoms with Gasteiger partial charge in [0.1, 0.15) is 18.4 Å². The van der Waals surface area contributed by atoms with E-state index in [0.717, 1.165) is 11.3 Å². The number of methoxy groups -OCH3 is 1. The maximum atomic E-state index is 12.0. The minimum Gasteiger partial charge on any atom is -0.492 e. The summed E-state index contributed by atoms with van der Waals surface area (Å²) in [5.41, 5.74) is 1.01. The van der Waals surface area contributed by atoms with E-state index < -0.39 is 12.0 Å². The fourth-order valence-electron chi connectivity index (χ4n) is 2.06. The summed E-state index contributed by atoms with van der Waals surface area (Å²) in [6, 6.07) is 7.01. The molecule has 1 aromatic carbocycles. The van der Waals surface area contributed by atoms with Crippen LogP contribution >= 0.6 is 0 Å². The summed E-state index contributed by atoms with van der Waals surface area (Å²) >= 11 is 0. The zero-order valence-corrected chi connectivity index (χ0v) is 11.0. The molecule has 1 aromatic rings. The summed E-state index contributed by atoms with van der Waals surface area (Å²) in [6.45, 7) is 1.93. The van der Waals surface area contributed by atoms with Gasteiger partial charge in [-0.2, -0.15) is 0 Å². The van der Waals surface area contributed by atoms with Crippen LogP contribution in [-0.2, 0) is 20.7 Å². The zero-order valence-electron chi connectivity index (χ0n) is 11.0. The summed E-state index contributed by atoms with van der Waals surface area (Å²) in [6.07, 6.45) is 0.621. The number of hydrogen-bond donors (Lipinski definition) is 1. The van der Waals surface area contributed by atoms with E-state index in [9.17, 15) is 9.59 Å². The first-order valence-electron chi connectivity index (χ1n) is 6.20. The molecule has 0 saturated carbocycles. The summed E-state index contributed by atoms with van der Waals surface area (Å²) in [5, 5.41) is 2.64. The lowest BCUT2D eigenvalue weighted by molar-refractivity contribution is -0.145. The van der Waals surface area contributed by atoms with Gasteiger partial charge in [0.2, 0.25) is 5.91 Å². The van der Waals surface area contributed by atoms with Crippen molar-refractivity contribution in [1.29, 1.82) is 0 Å². The number of nitrogens with one attached hydrogen (secondary N) is 1. The van der Waals surface area contributed by atoms with Crippen molar-refractivity contribution in [2.24, 2.45) is 5.92 Å². The van der Waals surface area contributed by atoms with Gasteiger partial charge in [0.05, 0.1) is 13.0 Å². The van der Waals surface area contributed by atoms with E-state index in [1.807, 2.05) is 24.3 Å². The predicted molar refractivity (Wildman–Crippen MR) is 68.8 cm³/mol. The van der Waals surface area contributed by atoms with Gasteiger partial charge in [-0.3, -0.25) is 4.79 Å². The maximum Gasteiger partial charge on any atom is 0.328 e. The van der Waals surface area contributed by atoms with E-state index in [1.54, 1.807) is 6.92 Å². The quantitative estimate of drug-likeness (QED) is 0.823. The molecule has 5 nitrogen and oxygen atoms in total. The van der Waals surface area contributed by atoms with E-state index >= 15 is 0 Å². The van der Waals surface area contributed by atoms with Crippen LogP contribution < -0.4 is 10.1 Å². The Morgan fingerprint density at radius 1 is 1.42 bits per heavy atom. The summed E-state index contributed by atoms with van der Waals surface area (Å²) in [4.78, 5) is 23.3. The number of carbonyl (C=O) groups is 2. The Labute approximate surface area is 111 Å². The molecule has 0 saturated heterocycles. The van der Waals surface area contributed by atoms with Gasteiger partial charge in [-0.05, 0) is 25.0 Å². The Hall–Kier alpha value is -2.04. The molecule has 19 heavy (non-hydrogen) atoms. The number of ether oxygens (including phenoxy) is 2. The van der Waals surface area contributed by atoms with Crippen LogP contribution in [0.15, 0.2) is 24.3 Å². The largest absolute Gasteiger partial charge is 0.492 e. The van der Waals surface area contributed by atoms with Crippen molar-refractivity contribution in [2.75, 3.05) is 13.7 Å². The molecule has 5 heteroatoms. The summed E-state index contributed by atoms with van der Waals surface area (Å²) in [7, 11) is 1.30. The maximum absolute atomic E-state index is 12.0. The number of fused-ring (bicyclic) bond motifs is 1. The van der Waals surface area contributed by atoms with Crippen molar-refractivity contribution in [2.45, 2.75) is 19.4 Å². The molecule has 0 aromatic heterocycles. The SMILES string of the molecule is COC(=O)[C@H](C)NC(=O)[C@H]1COc2ccccc2C1. The summed E-state index contributed by atoms with van der Waals surface area (Å²) in [5.74, 6) is -0.0903. The number of amides is 1. The molecular formula is C14H17NO4. The van der Waals surface area contributed by atoms with Crippen LogP contribution in [0.4, 0.5) is 0 Å². The standard InChI is InChI=1S/C14H17NO4/c1-9(14(17)18-2)15-13(16)11-7-10-5-3-4-6-12(10)19-8-11/h3-6,9,11H,7-8H2,1-2H3,(H,15,16)/t9-,11+/m0/s1. The first-order valence-corrected chi connectivity index (χ1v) is 6.20.